The predicted molar refractivity (Wildman–Crippen MR) is 80.0 cm³/mol. The second-order valence-corrected chi connectivity index (χ2v) is 4.75. The molecule has 0 aliphatic carbocycles. The molecule has 20 heavy (non-hydrogen) atoms. The van der Waals surface area contributed by atoms with E-state index in [1.165, 1.54) is 5.56 Å². The lowest BCUT2D eigenvalue weighted by Crippen LogP contribution is -1.99. The molecule has 100 valence electrons. The molecule has 3 heteroatoms. The molecule has 0 aliphatic heterocycles. The first-order valence-electron chi connectivity index (χ1n) is 6.59. The van der Waals surface area contributed by atoms with Crippen LogP contribution < -0.4 is 5.73 Å². The van der Waals surface area contributed by atoms with Crippen molar-refractivity contribution in [2.24, 2.45) is 5.73 Å². The zero-order chi connectivity index (χ0) is 13.9. The highest BCUT2D eigenvalue weighted by Crippen LogP contribution is 2.25. The third-order valence-corrected chi connectivity index (χ3v) is 3.39. The number of hydrogen-bond donors (Lipinski definition) is 1. The highest BCUT2D eigenvalue weighted by Gasteiger charge is 2.09. The van der Waals surface area contributed by atoms with Gasteiger partial charge in [-0.2, -0.15) is 0 Å². The molecule has 0 saturated carbocycles. The van der Waals surface area contributed by atoms with Gasteiger partial charge >= 0.3 is 0 Å². The van der Waals surface area contributed by atoms with Gasteiger partial charge in [0.1, 0.15) is 12.0 Å². The molecule has 1 aromatic heterocycles. The molecular formula is C17H16N2O. The Balaban J connectivity index is 1.98. The largest absolute Gasteiger partial charge is 0.444 e. The van der Waals surface area contributed by atoms with E-state index in [0.717, 1.165) is 22.4 Å². The van der Waals surface area contributed by atoms with E-state index in [1.807, 2.05) is 36.4 Å². The molecule has 0 aliphatic rings. The first kappa shape index (κ1) is 12.6. The topological polar surface area (TPSA) is 52.0 Å². The van der Waals surface area contributed by atoms with Gasteiger partial charge < -0.3 is 10.2 Å². The van der Waals surface area contributed by atoms with Crippen LogP contribution in [0.1, 0.15) is 11.1 Å². The van der Waals surface area contributed by atoms with E-state index in [-0.39, 0.29) is 0 Å². The average molecular weight is 264 g/mol. The minimum absolute atomic E-state index is 0.531. The molecule has 0 unspecified atom stereocenters. The Morgan fingerprint density at radius 3 is 2.60 bits per heavy atom. The molecule has 0 atom stereocenters. The van der Waals surface area contributed by atoms with Crippen molar-refractivity contribution in [3.05, 3.63) is 65.9 Å². The van der Waals surface area contributed by atoms with Gasteiger partial charge in [-0.3, -0.25) is 0 Å². The van der Waals surface area contributed by atoms with Crippen LogP contribution in [0.3, 0.4) is 0 Å². The van der Waals surface area contributed by atoms with Crippen LogP contribution in [-0.2, 0) is 6.54 Å². The molecule has 3 aromatic rings. The van der Waals surface area contributed by atoms with E-state index in [1.54, 1.807) is 6.26 Å². The first-order valence-corrected chi connectivity index (χ1v) is 6.59. The van der Waals surface area contributed by atoms with Gasteiger partial charge in [0, 0.05) is 17.7 Å². The van der Waals surface area contributed by atoms with Crippen molar-refractivity contribution in [3.63, 3.8) is 0 Å². The molecule has 0 saturated heterocycles. The second kappa shape index (κ2) is 5.31. The quantitative estimate of drug-likeness (QED) is 0.783. The highest BCUT2D eigenvalue weighted by atomic mass is 16.3. The molecule has 2 aromatic carbocycles. The standard InChI is InChI=1S/C17H16N2O/c1-12-7-8-14(9-15(12)10-18)16-11-20-17(19-16)13-5-3-2-4-6-13/h2-9,11H,10,18H2,1H3. The number of aromatic nitrogens is 1. The Morgan fingerprint density at radius 2 is 1.85 bits per heavy atom. The highest BCUT2D eigenvalue weighted by molar-refractivity contribution is 5.63. The third-order valence-electron chi connectivity index (χ3n) is 3.39. The van der Waals surface area contributed by atoms with E-state index in [2.05, 4.69) is 24.0 Å². The molecule has 0 fully saturated rings. The van der Waals surface area contributed by atoms with E-state index < -0.39 is 0 Å². The SMILES string of the molecule is Cc1ccc(-c2coc(-c3ccccc3)n2)cc1CN. The monoisotopic (exact) mass is 264 g/mol. The van der Waals surface area contributed by atoms with E-state index in [4.69, 9.17) is 10.2 Å². The number of nitrogens with zero attached hydrogens (tertiary/aromatic N) is 1. The van der Waals surface area contributed by atoms with Crippen LogP contribution in [0.15, 0.2) is 59.2 Å². The van der Waals surface area contributed by atoms with Crippen LogP contribution in [0, 0.1) is 6.92 Å². The minimum Gasteiger partial charge on any atom is -0.444 e. The van der Waals surface area contributed by atoms with Crippen LogP contribution in [-0.4, -0.2) is 4.98 Å². The molecule has 1 heterocycles. The number of oxazole rings is 1. The Kier molecular flexibility index (Phi) is 3.35. The summed E-state index contributed by atoms with van der Waals surface area (Å²) in [5.74, 6) is 0.635. The van der Waals surface area contributed by atoms with E-state index in [0.29, 0.717) is 12.4 Å². The summed E-state index contributed by atoms with van der Waals surface area (Å²) < 4.78 is 5.57. The zero-order valence-electron chi connectivity index (χ0n) is 11.3. The molecule has 0 spiro atoms. The van der Waals surface area contributed by atoms with Gasteiger partial charge in [0.2, 0.25) is 5.89 Å². The fraction of sp³-hybridized carbons (Fsp3) is 0.118. The van der Waals surface area contributed by atoms with Crippen molar-refractivity contribution in [2.45, 2.75) is 13.5 Å². The first-order chi connectivity index (χ1) is 9.78. The van der Waals surface area contributed by atoms with Gasteiger partial charge in [-0.1, -0.05) is 30.3 Å². The maximum absolute atomic E-state index is 5.75. The summed E-state index contributed by atoms with van der Waals surface area (Å²) >= 11 is 0. The number of aryl methyl sites for hydroxylation is 1. The normalized spacial score (nSPS) is 10.7. The van der Waals surface area contributed by atoms with Crippen LogP contribution in [0.25, 0.3) is 22.7 Å². The molecule has 3 rings (SSSR count). The maximum atomic E-state index is 5.75. The van der Waals surface area contributed by atoms with Gasteiger partial charge in [0.05, 0.1) is 0 Å². The Labute approximate surface area is 118 Å². The van der Waals surface area contributed by atoms with Gasteiger partial charge in [-0.15, -0.1) is 0 Å². The molecule has 2 N–H and O–H groups in total. The van der Waals surface area contributed by atoms with Crippen LogP contribution >= 0.6 is 0 Å². The summed E-state index contributed by atoms with van der Waals surface area (Å²) in [4.78, 5) is 4.55. The fourth-order valence-electron chi connectivity index (χ4n) is 2.17. The summed E-state index contributed by atoms with van der Waals surface area (Å²) in [6.45, 7) is 2.59. The zero-order valence-corrected chi connectivity index (χ0v) is 11.3. The Hall–Kier alpha value is -2.39. The Bertz CT molecular complexity index is 717. The fourth-order valence-corrected chi connectivity index (χ4v) is 2.17. The predicted octanol–water partition coefficient (Wildman–Crippen LogP) is 3.78. The van der Waals surface area contributed by atoms with Crippen molar-refractivity contribution in [3.8, 4) is 22.7 Å². The van der Waals surface area contributed by atoms with Crippen molar-refractivity contribution < 1.29 is 4.42 Å². The lowest BCUT2D eigenvalue weighted by atomic mass is 10.0. The van der Waals surface area contributed by atoms with E-state index in [9.17, 15) is 0 Å². The van der Waals surface area contributed by atoms with Crippen LogP contribution in [0.2, 0.25) is 0 Å². The summed E-state index contributed by atoms with van der Waals surface area (Å²) in [5.41, 5.74) is 10.9. The molecule has 0 amide bonds. The van der Waals surface area contributed by atoms with Gasteiger partial charge in [-0.25, -0.2) is 4.98 Å². The number of hydrogen-bond acceptors (Lipinski definition) is 3. The summed E-state index contributed by atoms with van der Waals surface area (Å²) in [5, 5.41) is 0. The van der Waals surface area contributed by atoms with Crippen molar-refractivity contribution >= 4 is 0 Å². The van der Waals surface area contributed by atoms with Crippen molar-refractivity contribution in [1.29, 1.82) is 0 Å². The molecule has 0 bridgehead atoms. The van der Waals surface area contributed by atoms with Gasteiger partial charge in [-0.05, 0) is 36.2 Å². The van der Waals surface area contributed by atoms with Crippen molar-refractivity contribution in [2.75, 3.05) is 0 Å². The lowest BCUT2D eigenvalue weighted by molar-refractivity contribution is 0.575. The third kappa shape index (κ3) is 2.36. The summed E-state index contributed by atoms with van der Waals surface area (Å²) in [6, 6.07) is 16.1. The number of benzene rings is 2. The Morgan fingerprint density at radius 1 is 1.05 bits per heavy atom. The molecular weight excluding hydrogens is 248 g/mol. The maximum Gasteiger partial charge on any atom is 0.226 e. The molecule has 3 nitrogen and oxygen atoms in total. The number of nitrogens with two attached hydrogens (primary N) is 1. The van der Waals surface area contributed by atoms with Gasteiger partial charge in [0.25, 0.3) is 0 Å². The smallest absolute Gasteiger partial charge is 0.226 e. The lowest BCUT2D eigenvalue weighted by Gasteiger charge is -2.04. The van der Waals surface area contributed by atoms with Gasteiger partial charge in [0.15, 0.2) is 0 Å². The number of rotatable bonds is 3. The van der Waals surface area contributed by atoms with Crippen LogP contribution in [0.5, 0.6) is 0 Å². The van der Waals surface area contributed by atoms with Crippen LogP contribution in [0.4, 0.5) is 0 Å². The summed E-state index contributed by atoms with van der Waals surface area (Å²) in [6.07, 6.45) is 1.69. The summed E-state index contributed by atoms with van der Waals surface area (Å²) in [7, 11) is 0. The minimum atomic E-state index is 0.531. The molecule has 0 radical (unpaired) electrons. The van der Waals surface area contributed by atoms with E-state index >= 15 is 0 Å². The average Bonchev–Trinajstić information content (AvgIpc) is 2.98. The van der Waals surface area contributed by atoms with Crippen molar-refractivity contribution in [1.82, 2.24) is 4.98 Å². The second-order valence-electron chi connectivity index (χ2n) is 4.75.